The molecule has 208 valence electrons. The van der Waals surface area contributed by atoms with E-state index >= 15 is 0 Å². The largest absolute Gasteiger partial charge is 0.352 e. The summed E-state index contributed by atoms with van der Waals surface area (Å²) in [5, 5.41) is 3.14. The Labute approximate surface area is 244 Å². The molecule has 0 radical (unpaired) electrons. The highest BCUT2D eigenvalue weighted by Gasteiger charge is 2.33. The Balaban J connectivity index is 2.07. The van der Waals surface area contributed by atoms with E-state index in [1.54, 1.807) is 0 Å². The molecule has 1 atom stereocenters. The van der Waals surface area contributed by atoms with Gasteiger partial charge in [0.25, 0.3) is 0 Å². The van der Waals surface area contributed by atoms with Gasteiger partial charge in [-0.3, -0.25) is 13.9 Å². The summed E-state index contributed by atoms with van der Waals surface area (Å²) < 4.78 is 26.6. The number of hydrogen-bond acceptors (Lipinski definition) is 4. The van der Waals surface area contributed by atoms with E-state index < -0.39 is 28.5 Å². The minimum absolute atomic E-state index is 0.00724. The standard InChI is InChI=1S/C28H30Cl3N3O4S/c1-19(2)32-28(36)26(14-20-10-6-4-7-11-20)33(17-21-12-8-5-9-13-21)27(35)18-34(39(3,37)38)25-16-23(30)22(29)15-24(25)31/h4-13,15-16,19,26H,14,17-18H2,1-3H3,(H,32,36)/t26-/m0/s1. The zero-order chi connectivity index (χ0) is 28.7. The van der Waals surface area contributed by atoms with Crippen molar-refractivity contribution in [2.75, 3.05) is 17.1 Å². The topological polar surface area (TPSA) is 86.8 Å². The number of carbonyl (C=O) groups excluding carboxylic acids is 2. The first-order valence-electron chi connectivity index (χ1n) is 12.2. The number of nitrogens with zero attached hydrogens (tertiary/aromatic N) is 2. The van der Waals surface area contributed by atoms with Gasteiger partial charge in [0, 0.05) is 19.0 Å². The third-order valence-electron chi connectivity index (χ3n) is 5.84. The lowest BCUT2D eigenvalue weighted by molar-refractivity contribution is -0.140. The molecule has 39 heavy (non-hydrogen) atoms. The molecule has 2 amide bonds. The van der Waals surface area contributed by atoms with E-state index in [9.17, 15) is 18.0 Å². The number of nitrogens with one attached hydrogen (secondary N) is 1. The van der Waals surface area contributed by atoms with Crippen LogP contribution in [-0.2, 0) is 32.6 Å². The first-order chi connectivity index (χ1) is 18.4. The molecule has 0 heterocycles. The summed E-state index contributed by atoms with van der Waals surface area (Å²) >= 11 is 18.5. The summed E-state index contributed by atoms with van der Waals surface area (Å²) in [6.45, 7) is 3.13. The zero-order valence-electron chi connectivity index (χ0n) is 21.8. The normalized spacial score (nSPS) is 12.2. The van der Waals surface area contributed by atoms with Gasteiger partial charge in [-0.25, -0.2) is 8.42 Å². The summed E-state index contributed by atoms with van der Waals surface area (Å²) in [7, 11) is -4.00. The molecule has 0 aromatic heterocycles. The van der Waals surface area contributed by atoms with Crippen LogP contribution < -0.4 is 9.62 Å². The highest BCUT2D eigenvalue weighted by atomic mass is 35.5. The average molecular weight is 611 g/mol. The summed E-state index contributed by atoms with van der Waals surface area (Å²) in [5.74, 6) is -0.942. The van der Waals surface area contributed by atoms with Crippen LogP contribution in [0.1, 0.15) is 25.0 Å². The van der Waals surface area contributed by atoms with Gasteiger partial charge in [0.15, 0.2) is 0 Å². The van der Waals surface area contributed by atoms with Gasteiger partial charge in [0.2, 0.25) is 21.8 Å². The SMILES string of the molecule is CC(C)NC(=O)[C@H](Cc1ccccc1)N(Cc1ccccc1)C(=O)CN(c1cc(Cl)c(Cl)cc1Cl)S(C)(=O)=O. The van der Waals surface area contributed by atoms with Gasteiger partial charge < -0.3 is 10.2 Å². The minimum Gasteiger partial charge on any atom is -0.352 e. The van der Waals surface area contributed by atoms with Crippen LogP contribution in [0.2, 0.25) is 15.1 Å². The van der Waals surface area contributed by atoms with Crippen molar-refractivity contribution in [3.8, 4) is 0 Å². The fourth-order valence-corrected chi connectivity index (χ4v) is 5.56. The summed E-state index contributed by atoms with van der Waals surface area (Å²) in [5.41, 5.74) is 1.63. The van der Waals surface area contributed by atoms with Crippen LogP contribution in [0.3, 0.4) is 0 Å². The molecule has 0 saturated carbocycles. The van der Waals surface area contributed by atoms with Crippen molar-refractivity contribution in [1.82, 2.24) is 10.2 Å². The van der Waals surface area contributed by atoms with Crippen LogP contribution in [0.5, 0.6) is 0 Å². The van der Waals surface area contributed by atoms with E-state index in [0.29, 0.717) is 0 Å². The van der Waals surface area contributed by atoms with E-state index in [1.165, 1.54) is 17.0 Å². The molecule has 3 aromatic carbocycles. The van der Waals surface area contributed by atoms with Gasteiger partial charge in [0.1, 0.15) is 12.6 Å². The van der Waals surface area contributed by atoms with Crippen LogP contribution in [0.15, 0.2) is 72.8 Å². The second kappa shape index (κ2) is 13.5. The molecular formula is C28H30Cl3N3O4S. The number of hydrogen-bond donors (Lipinski definition) is 1. The zero-order valence-corrected chi connectivity index (χ0v) is 24.9. The van der Waals surface area contributed by atoms with Gasteiger partial charge in [-0.2, -0.15) is 0 Å². The number of amides is 2. The summed E-state index contributed by atoms with van der Waals surface area (Å²) in [6, 6.07) is 20.0. The van der Waals surface area contributed by atoms with E-state index in [1.807, 2.05) is 74.5 Å². The molecule has 3 aromatic rings. The third-order valence-corrected chi connectivity index (χ3v) is 7.99. The Morgan fingerprint density at radius 3 is 1.92 bits per heavy atom. The molecule has 0 aliphatic carbocycles. The van der Waals surface area contributed by atoms with Crippen molar-refractivity contribution in [3.63, 3.8) is 0 Å². The van der Waals surface area contributed by atoms with Crippen LogP contribution in [0.25, 0.3) is 0 Å². The summed E-state index contributed by atoms with van der Waals surface area (Å²) in [4.78, 5) is 28.9. The number of carbonyl (C=O) groups is 2. The van der Waals surface area contributed by atoms with Gasteiger partial charge in [-0.05, 0) is 37.1 Å². The second-order valence-corrected chi connectivity index (χ2v) is 12.5. The Morgan fingerprint density at radius 1 is 0.846 bits per heavy atom. The molecule has 0 aliphatic rings. The Morgan fingerprint density at radius 2 is 1.38 bits per heavy atom. The number of sulfonamides is 1. The Bertz CT molecular complexity index is 1400. The average Bonchev–Trinajstić information content (AvgIpc) is 2.87. The molecule has 0 aliphatic heterocycles. The maximum Gasteiger partial charge on any atom is 0.244 e. The van der Waals surface area contributed by atoms with E-state index in [4.69, 9.17) is 34.8 Å². The number of halogens is 3. The molecule has 0 fully saturated rings. The molecule has 0 unspecified atom stereocenters. The maximum absolute atomic E-state index is 14.0. The van der Waals surface area contributed by atoms with Crippen LogP contribution in [0.4, 0.5) is 5.69 Å². The quantitative estimate of drug-likeness (QED) is 0.287. The fraction of sp³-hybridized carbons (Fsp3) is 0.286. The minimum atomic E-state index is -4.00. The lowest BCUT2D eigenvalue weighted by Gasteiger charge is -2.34. The fourth-order valence-electron chi connectivity index (χ4n) is 4.01. The van der Waals surface area contributed by atoms with E-state index in [0.717, 1.165) is 21.7 Å². The highest BCUT2D eigenvalue weighted by molar-refractivity contribution is 7.92. The maximum atomic E-state index is 14.0. The van der Waals surface area contributed by atoms with Crippen molar-refractivity contribution in [1.29, 1.82) is 0 Å². The molecule has 7 nitrogen and oxygen atoms in total. The predicted octanol–water partition coefficient (Wildman–Crippen LogP) is 5.58. The molecule has 1 N–H and O–H groups in total. The molecule has 0 saturated heterocycles. The van der Waals surface area contributed by atoms with Crippen molar-refractivity contribution in [3.05, 3.63) is 99.0 Å². The monoisotopic (exact) mass is 609 g/mol. The number of rotatable bonds is 11. The lowest BCUT2D eigenvalue weighted by atomic mass is 10.0. The molecule has 0 bridgehead atoms. The van der Waals surface area contributed by atoms with Gasteiger partial charge in [0.05, 0.1) is 27.0 Å². The van der Waals surface area contributed by atoms with Crippen LogP contribution >= 0.6 is 34.8 Å². The van der Waals surface area contributed by atoms with Crippen molar-refractivity contribution < 1.29 is 18.0 Å². The molecule has 3 rings (SSSR count). The first-order valence-corrected chi connectivity index (χ1v) is 15.1. The van der Waals surface area contributed by atoms with Gasteiger partial charge in [-0.15, -0.1) is 0 Å². The van der Waals surface area contributed by atoms with E-state index in [-0.39, 0.29) is 45.7 Å². The van der Waals surface area contributed by atoms with Crippen molar-refractivity contribution in [2.45, 2.75) is 38.9 Å². The Hall–Kier alpha value is -2.78. The van der Waals surface area contributed by atoms with Crippen molar-refractivity contribution in [2.24, 2.45) is 0 Å². The smallest absolute Gasteiger partial charge is 0.244 e. The number of benzene rings is 3. The molecule has 0 spiro atoms. The predicted molar refractivity (Wildman–Crippen MR) is 158 cm³/mol. The third kappa shape index (κ3) is 8.60. The highest BCUT2D eigenvalue weighted by Crippen LogP contribution is 2.35. The summed E-state index contributed by atoms with van der Waals surface area (Å²) in [6.07, 6.45) is 1.19. The van der Waals surface area contributed by atoms with Crippen LogP contribution in [-0.4, -0.2) is 50.0 Å². The van der Waals surface area contributed by atoms with Gasteiger partial charge in [-0.1, -0.05) is 95.5 Å². The van der Waals surface area contributed by atoms with Gasteiger partial charge >= 0.3 is 0 Å². The van der Waals surface area contributed by atoms with Crippen molar-refractivity contribution >= 4 is 62.3 Å². The molecular weight excluding hydrogens is 581 g/mol. The van der Waals surface area contributed by atoms with E-state index in [2.05, 4.69) is 5.32 Å². The first kappa shape index (κ1) is 30.8. The lowest BCUT2D eigenvalue weighted by Crippen LogP contribution is -2.54. The molecule has 11 heteroatoms. The Kier molecular flexibility index (Phi) is 10.7. The van der Waals surface area contributed by atoms with Crippen LogP contribution in [0, 0.1) is 0 Å². The second-order valence-electron chi connectivity index (χ2n) is 9.36. The number of anilines is 1.